The molecule has 2 rings (SSSR count). The second kappa shape index (κ2) is 5.07. The van der Waals surface area contributed by atoms with E-state index in [1.807, 2.05) is 24.3 Å². The molecular weight excluding hydrogens is 238 g/mol. The van der Waals surface area contributed by atoms with Crippen LogP contribution < -0.4 is 0 Å². The van der Waals surface area contributed by atoms with Crippen molar-refractivity contribution >= 4 is 17.6 Å². The van der Waals surface area contributed by atoms with Crippen LogP contribution in [0.2, 0.25) is 5.02 Å². The Labute approximate surface area is 106 Å². The van der Waals surface area contributed by atoms with Gasteiger partial charge in [0.15, 0.2) is 0 Å². The highest BCUT2D eigenvalue weighted by Gasteiger charge is 2.34. The van der Waals surface area contributed by atoms with Crippen LogP contribution >= 0.6 is 11.6 Å². The highest BCUT2D eigenvalue weighted by Crippen LogP contribution is 2.27. The molecule has 1 heterocycles. The van der Waals surface area contributed by atoms with Gasteiger partial charge in [0.2, 0.25) is 0 Å². The second-order valence-electron chi connectivity index (χ2n) is 4.67. The SMILES string of the molecule is CC(C(=O)O)C1CN(Cc2ccccc2Cl)C1. The summed E-state index contributed by atoms with van der Waals surface area (Å²) < 4.78 is 0. The summed E-state index contributed by atoms with van der Waals surface area (Å²) in [6.45, 7) is 4.28. The zero-order valence-corrected chi connectivity index (χ0v) is 10.5. The molecule has 0 amide bonds. The first kappa shape index (κ1) is 12.4. The van der Waals surface area contributed by atoms with E-state index in [9.17, 15) is 4.79 Å². The Bertz CT molecular complexity index is 416. The summed E-state index contributed by atoms with van der Waals surface area (Å²) in [6.07, 6.45) is 0. The van der Waals surface area contributed by atoms with Crippen molar-refractivity contribution in [2.24, 2.45) is 11.8 Å². The average Bonchev–Trinajstić information content (AvgIpc) is 2.24. The fourth-order valence-corrected chi connectivity index (χ4v) is 2.32. The molecule has 0 radical (unpaired) electrons. The monoisotopic (exact) mass is 253 g/mol. The van der Waals surface area contributed by atoms with Crippen LogP contribution in [-0.4, -0.2) is 29.1 Å². The zero-order valence-electron chi connectivity index (χ0n) is 9.77. The van der Waals surface area contributed by atoms with Gasteiger partial charge in [-0.3, -0.25) is 9.69 Å². The van der Waals surface area contributed by atoms with Gasteiger partial charge in [-0.15, -0.1) is 0 Å². The number of hydrogen-bond donors (Lipinski definition) is 1. The zero-order chi connectivity index (χ0) is 12.4. The largest absolute Gasteiger partial charge is 0.481 e. The van der Waals surface area contributed by atoms with Crippen LogP contribution in [-0.2, 0) is 11.3 Å². The number of nitrogens with zero attached hydrogens (tertiary/aromatic N) is 1. The van der Waals surface area contributed by atoms with Gasteiger partial charge in [-0.2, -0.15) is 0 Å². The summed E-state index contributed by atoms with van der Waals surface area (Å²) in [5.74, 6) is -0.681. The Kier molecular flexibility index (Phi) is 3.69. The van der Waals surface area contributed by atoms with Crippen LogP contribution in [0, 0.1) is 11.8 Å². The van der Waals surface area contributed by atoms with Crippen molar-refractivity contribution in [2.75, 3.05) is 13.1 Å². The predicted molar refractivity (Wildman–Crippen MR) is 67.0 cm³/mol. The molecule has 17 heavy (non-hydrogen) atoms. The lowest BCUT2D eigenvalue weighted by molar-refractivity contribution is -0.145. The molecule has 1 aliphatic heterocycles. The first-order valence-corrected chi connectivity index (χ1v) is 6.14. The highest BCUT2D eigenvalue weighted by atomic mass is 35.5. The minimum atomic E-state index is -0.701. The third kappa shape index (κ3) is 2.79. The molecule has 92 valence electrons. The minimum Gasteiger partial charge on any atom is -0.481 e. The number of carboxylic acid groups (broad SMARTS) is 1. The van der Waals surface area contributed by atoms with E-state index in [4.69, 9.17) is 16.7 Å². The number of hydrogen-bond acceptors (Lipinski definition) is 2. The van der Waals surface area contributed by atoms with Gasteiger partial charge in [0, 0.05) is 24.7 Å². The molecule has 3 nitrogen and oxygen atoms in total. The van der Waals surface area contributed by atoms with Crippen LogP contribution in [0.1, 0.15) is 12.5 Å². The van der Waals surface area contributed by atoms with Crippen molar-refractivity contribution in [1.82, 2.24) is 4.90 Å². The van der Waals surface area contributed by atoms with Crippen molar-refractivity contribution in [3.8, 4) is 0 Å². The molecule has 0 saturated carbocycles. The standard InChI is InChI=1S/C13H16ClNO2/c1-9(13(16)17)11-7-15(8-11)6-10-4-2-3-5-12(10)14/h2-5,9,11H,6-8H2,1H3,(H,16,17). The molecular formula is C13H16ClNO2. The number of aliphatic carboxylic acids is 1. The molecule has 1 N–H and O–H groups in total. The van der Waals surface area contributed by atoms with E-state index in [1.54, 1.807) is 6.92 Å². The Balaban J connectivity index is 1.85. The molecule has 1 unspecified atom stereocenters. The smallest absolute Gasteiger partial charge is 0.306 e. The molecule has 0 aliphatic carbocycles. The fraction of sp³-hybridized carbons (Fsp3) is 0.462. The molecule has 0 spiro atoms. The van der Waals surface area contributed by atoms with Crippen LogP contribution in [0.15, 0.2) is 24.3 Å². The van der Waals surface area contributed by atoms with Gasteiger partial charge in [-0.25, -0.2) is 0 Å². The van der Waals surface area contributed by atoms with E-state index < -0.39 is 5.97 Å². The summed E-state index contributed by atoms with van der Waals surface area (Å²) in [6, 6.07) is 7.78. The van der Waals surface area contributed by atoms with E-state index in [0.29, 0.717) is 0 Å². The quantitative estimate of drug-likeness (QED) is 0.896. The van der Waals surface area contributed by atoms with Crippen molar-refractivity contribution in [3.63, 3.8) is 0 Å². The summed E-state index contributed by atoms with van der Waals surface area (Å²) >= 11 is 6.08. The minimum absolute atomic E-state index is 0.252. The Morgan fingerprint density at radius 1 is 1.53 bits per heavy atom. The maximum atomic E-state index is 10.8. The molecule has 0 aromatic heterocycles. The topological polar surface area (TPSA) is 40.5 Å². The lowest BCUT2D eigenvalue weighted by Crippen LogP contribution is -2.50. The van der Waals surface area contributed by atoms with Crippen molar-refractivity contribution in [2.45, 2.75) is 13.5 Å². The van der Waals surface area contributed by atoms with Crippen LogP contribution in [0.3, 0.4) is 0 Å². The molecule has 1 fully saturated rings. The molecule has 0 bridgehead atoms. The van der Waals surface area contributed by atoms with Gasteiger partial charge in [-0.05, 0) is 17.5 Å². The second-order valence-corrected chi connectivity index (χ2v) is 5.08. The summed E-state index contributed by atoms with van der Waals surface area (Å²) in [7, 11) is 0. The first-order chi connectivity index (χ1) is 8.08. The van der Waals surface area contributed by atoms with Crippen molar-refractivity contribution in [1.29, 1.82) is 0 Å². The highest BCUT2D eigenvalue weighted by molar-refractivity contribution is 6.31. The molecule has 4 heteroatoms. The average molecular weight is 254 g/mol. The molecule has 1 aromatic carbocycles. The molecule has 1 aliphatic rings. The number of rotatable bonds is 4. The summed E-state index contributed by atoms with van der Waals surface area (Å²) in [5.41, 5.74) is 1.11. The number of carbonyl (C=O) groups is 1. The van der Waals surface area contributed by atoms with Gasteiger partial charge in [0.05, 0.1) is 5.92 Å². The van der Waals surface area contributed by atoms with E-state index in [2.05, 4.69) is 4.90 Å². The van der Waals surface area contributed by atoms with Gasteiger partial charge in [-0.1, -0.05) is 36.7 Å². The maximum absolute atomic E-state index is 10.8. The third-order valence-corrected chi connectivity index (χ3v) is 3.80. The molecule has 1 atom stereocenters. The van der Waals surface area contributed by atoms with Gasteiger partial charge >= 0.3 is 5.97 Å². The Morgan fingerprint density at radius 2 is 2.18 bits per heavy atom. The number of halogens is 1. The molecule has 1 aromatic rings. The van der Waals surface area contributed by atoms with E-state index >= 15 is 0 Å². The number of benzene rings is 1. The Hall–Kier alpha value is -1.06. The Morgan fingerprint density at radius 3 is 2.76 bits per heavy atom. The van der Waals surface area contributed by atoms with Crippen molar-refractivity contribution < 1.29 is 9.90 Å². The predicted octanol–water partition coefficient (Wildman–Crippen LogP) is 2.49. The van der Waals surface area contributed by atoms with Crippen LogP contribution in [0.4, 0.5) is 0 Å². The van der Waals surface area contributed by atoms with Gasteiger partial charge in [0.1, 0.15) is 0 Å². The maximum Gasteiger partial charge on any atom is 0.306 e. The third-order valence-electron chi connectivity index (χ3n) is 3.43. The normalized spacial score (nSPS) is 18.7. The fourth-order valence-electron chi connectivity index (χ4n) is 2.12. The summed E-state index contributed by atoms with van der Waals surface area (Å²) in [4.78, 5) is 13.0. The van der Waals surface area contributed by atoms with E-state index in [0.717, 1.165) is 30.2 Å². The number of carboxylic acids is 1. The van der Waals surface area contributed by atoms with Gasteiger partial charge < -0.3 is 5.11 Å². The first-order valence-electron chi connectivity index (χ1n) is 5.76. The van der Waals surface area contributed by atoms with E-state index in [1.165, 1.54) is 0 Å². The molecule has 1 saturated heterocycles. The van der Waals surface area contributed by atoms with Crippen LogP contribution in [0.25, 0.3) is 0 Å². The van der Waals surface area contributed by atoms with Gasteiger partial charge in [0.25, 0.3) is 0 Å². The van der Waals surface area contributed by atoms with Crippen molar-refractivity contribution in [3.05, 3.63) is 34.9 Å². The van der Waals surface area contributed by atoms with E-state index in [-0.39, 0.29) is 11.8 Å². The lowest BCUT2D eigenvalue weighted by Gasteiger charge is -2.41. The van der Waals surface area contributed by atoms with Crippen LogP contribution in [0.5, 0.6) is 0 Å². The number of likely N-dealkylation sites (tertiary alicyclic amines) is 1. The summed E-state index contributed by atoms with van der Waals surface area (Å²) in [5, 5.41) is 9.68. The lowest BCUT2D eigenvalue weighted by atomic mass is 9.87.